The van der Waals surface area contributed by atoms with Gasteiger partial charge in [0, 0.05) is 19.5 Å². The number of benzene rings is 1. The van der Waals surface area contributed by atoms with E-state index in [9.17, 15) is 13.5 Å². The largest absolute Gasteiger partial charge is 0.393 e. The minimum Gasteiger partial charge on any atom is -0.393 e. The molecule has 0 unspecified atom stereocenters. The number of nitrogens with zero attached hydrogens (tertiary/aromatic N) is 1. The van der Waals surface area contributed by atoms with Gasteiger partial charge < -0.3 is 10.8 Å². The lowest BCUT2D eigenvalue weighted by Crippen LogP contribution is -2.42. The molecule has 0 fully saturated rings. The molecule has 0 heterocycles. The minimum atomic E-state index is -3.62. The van der Waals surface area contributed by atoms with Crippen molar-refractivity contribution in [2.45, 2.75) is 37.7 Å². The van der Waals surface area contributed by atoms with Crippen molar-refractivity contribution >= 4 is 27.2 Å². The Hall–Kier alpha value is -1.02. The molecule has 1 aromatic carbocycles. The van der Waals surface area contributed by atoms with Gasteiger partial charge in [-0.25, -0.2) is 8.42 Å². The third kappa shape index (κ3) is 5.35. The zero-order valence-corrected chi connectivity index (χ0v) is 14.2. The second-order valence-electron chi connectivity index (χ2n) is 5.53. The van der Waals surface area contributed by atoms with E-state index in [2.05, 4.69) is 0 Å². The molecule has 0 radical (unpaired) electrons. The molecule has 7 heteroatoms. The number of aliphatic hydroxyl groups is 1. The lowest BCUT2D eigenvalue weighted by atomic mass is 10.1. The van der Waals surface area contributed by atoms with Crippen molar-refractivity contribution in [2.75, 3.05) is 13.1 Å². The standard InChI is InChI=1S/C14H22N2O3S2/c1-4-16(10-14(2,3)17)21(18,19)12-7-5-11(6-8-12)9-13(15)20/h5-8,17H,4,9-10H2,1-3H3,(H2,15,20). The first-order valence-corrected chi connectivity index (χ1v) is 8.51. The number of thiocarbonyl (C=S) groups is 1. The molecular formula is C14H22N2O3S2. The highest BCUT2D eigenvalue weighted by molar-refractivity contribution is 7.89. The van der Waals surface area contributed by atoms with Crippen LogP contribution in [0.2, 0.25) is 0 Å². The van der Waals surface area contributed by atoms with Crippen molar-refractivity contribution in [1.82, 2.24) is 4.31 Å². The van der Waals surface area contributed by atoms with Gasteiger partial charge >= 0.3 is 0 Å². The highest BCUT2D eigenvalue weighted by Gasteiger charge is 2.28. The molecule has 1 aromatic rings. The van der Waals surface area contributed by atoms with E-state index in [1.807, 2.05) is 0 Å². The number of hydrogen-bond donors (Lipinski definition) is 2. The van der Waals surface area contributed by atoms with Gasteiger partial charge in [-0.1, -0.05) is 31.3 Å². The average Bonchev–Trinajstić information content (AvgIpc) is 2.34. The SMILES string of the molecule is CCN(CC(C)(C)O)S(=O)(=O)c1ccc(CC(N)=S)cc1. The number of sulfonamides is 1. The maximum absolute atomic E-state index is 12.5. The lowest BCUT2D eigenvalue weighted by Gasteiger charge is -2.27. The van der Waals surface area contributed by atoms with E-state index in [1.54, 1.807) is 32.9 Å². The quantitative estimate of drug-likeness (QED) is 0.736. The molecule has 0 bridgehead atoms. The molecule has 3 N–H and O–H groups in total. The molecule has 0 aliphatic carbocycles. The van der Waals surface area contributed by atoms with Gasteiger partial charge in [0.15, 0.2) is 0 Å². The van der Waals surface area contributed by atoms with Gasteiger partial charge in [0.2, 0.25) is 10.0 Å². The molecule has 1 rings (SSSR count). The highest BCUT2D eigenvalue weighted by Crippen LogP contribution is 2.19. The molecule has 21 heavy (non-hydrogen) atoms. The summed E-state index contributed by atoms with van der Waals surface area (Å²) in [6, 6.07) is 6.47. The summed E-state index contributed by atoms with van der Waals surface area (Å²) in [4.78, 5) is 0.558. The van der Waals surface area contributed by atoms with Crippen LogP contribution in [0.3, 0.4) is 0 Å². The molecule has 0 amide bonds. The van der Waals surface area contributed by atoms with Crippen LogP contribution in [-0.4, -0.2) is 41.5 Å². The van der Waals surface area contributed by atoms with E-state index in [-0.39, 0.29) is 11.4 Å². The van der Waals surface area contributed by atoms with Crippen LogP contribution >= 0.6 is 12.2 Å². The van der Waals surface area contributed by atoms with Crippen molar-refractivity contribution in [2.24, 2.45) is 5.73 Å². The molecule has 0 aromatic heterocycles. The second kappa shape index (κ2) is 6.83. The zero-order valence-electron chi connectivity index (χ0n) is 12.5. The fourth-order valence-electron chi connectivity index (χ4n) is 1.93. The minimum absolute atomic E-state index is 0.0421. The van der Waals surface area contributed by atoms with Crippen LogP contribution in [0.1, 0.15) is 26.3 Å². The summed E-state index contributed by atoms with van der Waals surface area (Å²) < 4.78 is 26.3. The number of nitrogens with two attached hydrogens (primary N) is 1. The Kier molecular flexibility index (Phi) is 5.86. The lowest BCUT2D eigenvalue weighted by molar-refractivity contribution is 0.0601. The molecule has 0 saturated heterocycles. The van der Waals surface area contributed by atoms with Crippen LogP contribution < -0.4 is 5.73 Å². The van der Waals surface area contributed by atoms with Gasteiger partial charge in [-0.15, -0.1) is 0 Å². The first kappa shape index (κ1) is 18.0. The third-order valence-electron chi connectivity index (χ3n) is 2.86. The summed E-state index contributed by atoms with van der Waals surface area (Å²) in [5.74, 6) is 0. The van der Waals surface area contributed by atoms with Crippen LogP contribution in [0.4, 0.5) is 0 Å². The average molecular weight is 330 g/mol. The van der Waals surface area contributed by atoms with Crippen molar-refractivity contribution in [1.29, 1.82) is 0 Å². The van der Waals surface area contributed by atoms with Gasteiger partial charge in [-0.05, 0) is 31.5 Å². The van der Waals surface area contributed by atoms with E-state index < -0.39 is 15.6 Å². The topological polar surface area (TPSA) is 83.6 Å². The summed E-state index contributed by atoms with van der Waals surface area (Å²) in [5.41, 5.74) is 5.24. The maximum Gasteiger partial charge on any atom is 0.243 e. The second-order valence-corrected chi connectivity index (χ2v) is 7.99. The molecule has 0 spiro atoms. The van der Waals surface area contributed by atoms with Crippen molar-refractivity contribution < 1.29 is 13.5 Å². The van der Waals surface area contributed by atoms with Gasteiger partial charge in [0.05, 0.1) is 15.5 Å². The van der Waals surface area contributed by atoms with Gasteiger partial charge in [0.1, 0.15) is 0 Å². The van der Waals surface area contributed by atoms with E-state index in [0.29, 0.717) is 18.0 Å². The summed E-state index contributed by atoms with van der Waals surface area (Å²) in [6.07, 6.45) is 0.441. The molecule has 5 nitrogen and oxygen atoms in total. The Morgan fingerprint density at radius 3 is 2.24 bits per heavy atom. The van der Waals surface area contributed by atoms with Crippen molar-refractivity contribution in [3.63, 3.8) is 0 Å². The summed E-state index contributed by atoms with van der Waals surface area (Å²) in [5, 5.41) is 9.84. The van der Waals surface area contributed by atoms with Crippen molar-refractivity contribution in [3.8, 4) is 0 Å². The normalized spacial score (nSPS) is 12.6. The Bertz CT molecular complexity index is 590. The van der Waals surface area contributed by atoms with E-state index in [0.717, 1.165) is 5.56 Å². The Morgan fingerprint density at radius 1 is 1.33 bits per heavy atom. The Morgan fingerprint density at radius 2 is 1.86 bits per heavy atom. The van der Waals surface area contributed by atoms with Gasteiger partial charge in [-0.3, -0.25) is 0 Å². The number of likely N-dealkylation sites (N-methyl/N-ethyl adjacent to an activating group) is 1. The van der Waals surface area contributed by atoms with Crippen molar-refractivity contribution in [3.05, 3.63) is 29.8 Å². The smallest absolute Gasteiger partial charge is 0.243 e. The van der Waals surface area contributed by atoms with E-state index >= 15 is 0 Å². The predicted octanol–water partition coefficient (Wildman–Crippen LogP) is 1.30. The monoisotopic (exact) mass is 330 g/mol. The summed E-state index contributed by atoms with van der Waals surface area (Å²) in [6.45, 7) is 5.24. The Balaban J connectivity index is 3.03. The first-order chi connectivity index (χ1) is 9.56. The highest BCUT2D eigenvalue weighted by atomic mass is 32.2. The molecule has 118 valence electrons. The first-order valence-electron chi connectivity index (χ1n) is 6.66. The molecule has 0 saturated carbocycles. The molecule has 0 atom stereocenters. The van der Waals surface area contributed by atoms with E-state index in [1.165, 1.54) is 16.4 Å². The number of rotatable bonds is 7. The fraction of sp³-hybridized carbons (Fsp3) is 0.500. The van der Waals surface area contributed by atoms with Crippen LogP contribution in [0.5, 0.6) is 0 Å². The van der Waals surface area contributed by atoms with Crippen LogP contribution in [0.15, 0.2) is 29.2 Å². The molecule has 0 aliphatic heterocycles. The van der Waals surface area contributed by atoms with Crippen LogP contribution in [-0.2, 0) is 16.4 Å². The molecular weight excluding hydrogens is 308 g/mol. The zero-order chi connectivity index (χ0) is 16.3. The maximum atomic E-state index is 12.5. The van der Waals surface area contributed by atoms with Gasteiger partial charge in [0.25, 0.3) is 0 Å². The fourth-order valence-corrected chi connectivity index (χ4v) is 3.70. The number of hydrogen-bond acceptors (Lipinski definition) is 4. The third-order valence-corrected chi connectivity index (χ3v) is 4.93. The van der Waals surface area contributed by atoms with Gasteiger partial charge in [-0.2, -0.15) is 4.31 Å². The van der Waals surface area contributed by atoms with Crippen LogP contribution in [0.25, 0.3) is 0 Å². The van der Waals surface area contributed by atoms with Crippen LogP contribution in [0, 0.1) is 0 Å². The molecule has 0 aliphatic rings. The van der Waals surface area contributed by atoms with E-state index in [4.69, 9.17) is 18.0 Å². The summed E-state index contributed by atoms with van der Waals surface area (Å²) in [7, 11) is -3.62. The summed E-state index contributed by atoms with van der Waals surface area (Å²) >= 11 is 4.83. The predicted molar refractivity (Wildman–Crippen MR) is 87.7 cm³/mol. The Labute approximate surface area is 131 Å².